The molecule has 0 spiro atoms. The Morgan fingerprint density at radius 3 is 1.36 bits per heavy atom. The molecule has 0 N–H and O–H groups in total. The molecule has 0 radical (unpaired) electrons. The van der Waals surface area contributed by atoms with Crippen molar-refractivity contribution < 1.29 is 37.9 Å². The minimum Gasteiger partial charge on any atom is -0.379 e. The van der Waals surface area contributed by atoms with E-state index in [1.54, 1.807) is 0 Å². The lowest BCUT2D eigenvalue weighted by Gasteiger charge is -2.22. The van der Waals surface area contributed by atoms with Crippen LogP contribution in [0.4, 0.5) is 0 Å². The first-order valence-electron chi connectivity index (χ1n) is 10.5. The average Bonchev–Trinajstić information content (AvgIpc) is 3.52. The van der Waals surface area contributed by atoms with Gasteiger partial charge < -0.3 is 37.9 Å². The molecule has 0 aromatic heterocycles. The maximum atomic E-state index is 5.82. The third kappa shape index (κ3) is 13.8. The number of epoxide rings is 1. The van der Waals surface area contributed by atoms with E-state index in [9.17, 15) is 0 Å². The van der Waals surface area contributed by atoms with E-state index in [2.05, 4.69) is 0 Å². The van der Waals surface area contributed by atoms with E-state index < -0.39 is 0 Å². The quantitative estimate of drug-likeness (QED) is 0.266. The summed E-state index contributed by atoms with van der Waals surface area (Å²) in [6.07, 6.45) is -0.0924. The van der Waals surface area contributed by atoms with Gasteiger partial charge in [0, 0.05) is 26.4 Å². The number of ether oxygens (including phenoxy) is 8. The molecule has 8 nitrogen and oxygen atoms in total. The van der Waals surface area contributed by atoms with Crippen molar-refractivity contribution in [1.29, 1.82) is 0 Å². The highest BCUT2D eigenvalue weighted by molar-refractivity contribution is 4.69. The van der Waals surface area contributed by atoms with Crippen LogP contribution in [0.5, 0.6) is 0 Å². The smallest absolute Gasteiger partial charge is 0.104 e. The second-order valence-electron chi connectivity index (χ2n) is 6.46. The molecule has 1 rings (SSSR count). The van der Waals surface area contributed by atoms with Gasteiger partial charge in [0.15, 0.2) is 0 Å². The van der Waals surface area contributed by atoms with Gasteiger partial charge in [-0.2, -0.15) is 0 Å². The zero-order chi connectivity index (χ0) is 20.5. The molecule has 8 heteroatoms. The van der Waals surface area contributed by atoms with E-state index >= 15 is 0 Å². The van der Waals surface area contributed by atoms with Gasteiger partial charge in [-0.05, 0) is 27.7 Å². The third-order valence-corrected chi connectivity index (χ3v) is 3.96. The molecule has 1 heterocycles. The summed E-state index contributed by atoms with van der Waals surface area (Å²) in [6.45, 7) is 14.6. The fraction of sp³-hybridized carbons (Fsp3) is 1.00. The van der Waals surface area contributed by atoms with Gasteiger partial charge in [0.2, 0.25) is 0 Å². The van der Waals surface area contributed by atoms with Crippen LogP contribution >= 0.6 is 0 Å². The molecule has 4 atom stereocenters. The average molecular weight is 409 g/mol. The van der Waals surface area contributed by atoms with Gasteiger partial charge in [-0.1, -0.05) is 0 Å². The highest BCUT2D eigenvalue weighted by Gasteiger charge is 2.24. The first-order chi connectivity index (χ1) is 13.7. The van der Waals surface area contributed by atoms with E-state index in [4.69, 9.17) is 37.9 Å². The molecule has 0 aliphatic carbocycles. The largest absolute Gasteiger partial charge is 0.379 e. The molecule has 0 amide bonds. The van der Waals surface area contributed by atoms with Crippen molar-refractivity contribution in [3.8, 4) is 0 Å². The topological polar surface area (TPSA) is 77.1 Å². The van der Waals surface area contributed by atoms with Gasteiger partial charge in [-0.3, -0.25) is 0 Å². The van der Waals surface area contributed by atoms with Crippen molar-refractivity contribution in [1.82, 2.24) is 0 Å². The van der Waals surface area contributed by atoms with Crippen LogP contribution in [0.3, 0.4) is 0 Å². The summed E-state index contributed by atoms with van der Waals surface area (Å²) < 4.78 is 44.8. The summed E-state index contributed by atoms with van der Waals surface area (Å²) in [5, 5.41) is 0. The maximum absolute atomic E-state index is 5.82. The summed E-state index contributed by atoms with van der Waals surface area (Å²) >= 11 is 0. The molecule has 1 aliphatic rings. The monoisotopic (exact) mass is 408 g/mol. The van der Waals surface area contributed by atoms with Crippen LogP contribution in [0.25, 0.3) is 0 Å². The van der Waals surface area contributed by atoms with E-state index in [0.717, 1.165) is 6.61 Å². The fourth-order valence-corrected chi connectivity index (χ4v) is 2.47. The van der Waals surface area contributed by atoms with Crippen molar-refractivity contribution >= 4 is 0 Å². The van der Waals surface area contributed by atoms with Crippen LogP contribution in [-0.2, 0) is 37.9 Å². The summed E-state index contributed by atoms with van der Waals surface area (Å²) in [5.41, 5.74) is 0. The second kappa shape index (κ2) is 17.5. The van der Waals surface area contributed by atoms with Gasteiger partial charge in [0.25, 0.3) is 0 Å². The van der Waals surface area contributed by atoms with E-state index in [1.807, 2.05) is 27.7 Å². The Labute approximate surface area is 170 Å². The zero-order valence-electron chi connectivity index (χ0n) is 18.1. The van der Waals surface area contributed by atoms with Gasteiger partial charge in [0.05, 0.1) is 52.9 Å². The summed E-state index contributed by atoms with van der Waals surface area (Å²) in [5.74, 6) is 0. The number of rotatable bonds is 21. The molecule has 1 fully saturated rings. The lowest BCUT2D eigenvalue weighted by atomic mass is 10.3. The minimum absolute atomic E-state index is 0.0678. The number of hydrogen-bond donors (Lipinski definition) is 0. The van der Waals surface area contributed by atoms with E-state index in [0.29, 0.717) is 72.7 Å². The van der Waals surface area contributed by atoms with Crippen LogP contribution in [-0.4, -0.2) is 104 Å². The highest BCUT2D eigenvalue weighted by atomic mass is 16.6. The Morgan fingerprint density at radius 1 is 0.607 bits per heavy atom. The van der Waals surface area contributed by atoms with Crippen molar-refractivity contribution in [2.24, 2.45) is 0 Å². The molecular formula is C20H40O8. The van der Waals surface area contributed by atoms with Crippen molar-refractivity contribution in [2.75, 3.05) is 79.3 Å². The SMILES string of the molecule is CCOCC(COCC(COCC(COCC)OCC1CO1)OCC)OCC. The standard InChI is InChI=1S/C20H40O8/c1-5-21-9-17(25-7-3)11-23-12-18(26-8-4)13-24-14-19(10-22-6-2)27-15-20-16-28-20/h17-20H,5-16H2,1-4H3. The van der Waals surface area contributed by atoms with Gasteiger partial charge in [0.1, 0.15) is 24.4 Å². The maximum Gasteiger partial charge on any atom is 0.104 e. The fourth-order valence-electron chi connectivity index (χ4n) is 2.47. The second-order valence-corrected chi connectivity index (χ2v) is 6.46. The van der Waals surface area contributed by atoms with Crippen LogP contribution < -0.4 is 0 Å². The first kappa shape index (κ1) is 25.7. The molecule has 4 unspecified atom stereocenters. The molecule has 28 heavy (non-hydrogen) atoms. The third-order valence-electron chi connectivity index (χ3n) is 3.96. The predicted octanol–water partition coefficient (Wildman–Crippen LogP) is 1.69. The minimum atomic E-state index is -0.140. The normalized spacial score (nSPS) is 19.5. The van der Waals surface area contributed by atoms with Crippen LogP contribution in [0, 0.1) is 0 Å². The molecule has 1 aliphatic heterocycles. The lowest BCUT2D eigenvalue weighted by Crippen LogP contribution is -2.33. The Balaban J connectivity index is 2.26. The molecule has 0 saturated carbocycles. The molecule has 0 aromatic carbocycles. The van der Waals surface area contributed by atoms with Gasteiger partial charge >= 0.3 is 0 Å². The van der Waals surface area contributed by atoms with Crippen molar-refractivity contribution in [3.63, 3.8) is 0 Å². The molecule has 0 bridgehead atoms. The van der Waals surface area contributed by atoms with Crippen LogP contribution in [0.1, 0.15) is 27.7 Å². The predicted molar refractivity (Wildman–Crippen MR) is 105 cm³/mol. The van der Waals surface area contributed by atoms with Gasteiger partial charge in [-0.15, -0.1) is 0 Å². The van der Waals surface area contributed by atoms with Crippen LogP contribution in [0.2, 0.25) is 0 Å². The van der Waals surface area contributed by atoms with E-state index in [-0.39, 0.29) is 24.4 Å². The van der Waals surface area contributed by atoms with Crippen molar-refractivity contribution in [3.05, 3.63) is 0 Å². The van der Waals surface area contributed by atoms with Gasteiger partial charge in [-0.25, -0.2) is 0 Å². The Kier molecular flexibility index (Phi) is 16.1. The van der Waals surface area contributed by atoms with Crippen molar-refractivity contribution in [2.45, 2.75) is 52.1 Å². The summed E-state index contributed by atoms with van der Waals surface area (Å²) in [4.78, 5) is 0. The molecule has 1 saturated heterocycles. The Morgan fingerprint density at radius 2 is 1.00 bits per heavy atom. The zero-order valence-corrected chi connectivity index (χ0v) is 18.1. The summed E-state index contributed by atoms with van der Waals surface area (Å²) in [7, 11) is 0. The number of hydrogen-bond acceptors (Lipinski definition) is 8. The Hall–Kier alpha value is -0.320. The molecular weight excluding hydrogens is 368 g/mol. The van der Waals surface area contributed by atoms with Crippen LogP contribution in [0.15, 0.2) is 0 Å². The first-order valence-corrected chi connectivity index (χ1v) is 10.5. The Bertz CT molecular complexity index is 340. The lowest BCUT2D eigenvalue weighted by molar-refractivity contribution is -0.106. The highest BCUT2D eigenvalue weighted by Crippen LogP contribution is 2.10. The molecule has 168 valence electrons. The van der Waals surface area contributed by atoms with E-state index in [1.165, 1.54) is 0 Å². The molecule has 0 aromatic rings. The summed E-state index contributed by atoms with van der Waals surface area (Å²) in [6, 6.07) is 0.